The van der Waals surface area contributed by atoms with Crippen molar-refractivity contribution in [3.05, 3.63) is 115 Å². The van der Waals surface area contributed by atoms with Gasteiger partial charge in [0.25, 0.3) is 0 Å². The van der Waals surface area contributed by atoms with E-state index in [0.717, 1.165) is 54.9 Å². The molecule has 0 amide bonds. The smallest absolute Gasteiger partial charge is 0.206 e. The van der Waals surface area contributed by atoms with Crippen LogP contribution in [0.1, 0.15) is 57.4 Å². The molecule has 0 bridgehead atoms. The predicted octanol–water partition coefficient (Wildman–Crippen LogP) is 10.6. The molecule has 0 unspecified atom stereocenters. The summed E-state index contributed by atoms with van der Waals surface area (Å²) in [6.45, 7) is 5.71. The molecule has 0 spiro atoms. The van der Waals surface area contributed by atoms with Crippen LogP contribution >= 0.6 is 0 Å². The average Bonchev–Trinajstić information content (AvgIpc) is 3.17. The standard InChI is InChI=1S/C42H45NO7S/c1-5-30(2)31-10-14-33(15-11-31)48-26-8-6-7-9-27-49-34-16-22-38(23-17-34)51(44,45)37-20-12-32(13-21-37)43-39-24-18-35(46-3)28-41(39)50-42-29-36(47-4)19-25-40(42)43/h10-25,28-30H,5-9,26-27H2,1-4H3/t30-/m1/s1. The maximum Gasteiger partial charge on any atom is 0.206 e. The highest BCUT2D eigenvalue weighted by Gasteiger charge is 2.27. The van der Waals surface area contributed by atoms with Crippen molar-refractivity contribution >= 4 is 26.9 Å². The Kier molecular flexibility index (Phi) is 11.4. The van der Waals surface area contributed by atoms with Gasteiger partial charge < -0.3 is 28.6 Å². The van der Waals surface area contributed by atoms with Crippen LogP contribution in [0.4, 0.5) is 17.1 Å². The molecule has 1 aliphatic heterocycles. The maximum atomic E-state index is 13.6. The first-order valence-electron chi connectivity index (χ1n) is 17.5. The first kappa shape index (κ1) is 35.7. The molecule has 0 radical (unpaired) electrons. The summed E-state index contributed by atoms with van der Waals surface area (Å²) in [5, 5.41) is 0. The third kappa shape index (κ3) is 8.26. The second kappa shape index (κ2) is 16.2. The first-order valence-corrected chi connectivity index (χ1v) is 18.9. The molecule has 0 saturated carbocycles. The second-order valence-corrected chi connectivity index (χ2v) is 14.5. The van der Waals surface area contributed by atoms with Gasteiger partial charge in [-0.15, -0.1) is 0 Å². The highest BCUT2D eigenvalue weighted by atomic mass is 32.2. The second-order valence-electron chi connectivity index (χ2n) is 12.6. The van der Waals surface area contributed by atoms with E-state index in [4.69, 9.17) is 23.7 Å². The van der Waals surface area contributed by atoms with Crippen LogP contribution in [-0.2, 0) is 9.84 Å². The van der Waals surface area contributed by atoms with E-state index in [9.17, 15) is 8.42 Å². The van der Waals surface area contributed by atoms with Crippen molar-refractivity contribution in [1.29, 1.82) is 0 Å². The Bertz CT molecular complexity index is 1960. The van der Waals surface area contributed by atoms with E-state index in [-0.39, 0.29) is 9.79 Å². The summed E-state index contributed by atoms with van der Waals surface area (Å²) in [5.74, 6) is 4.67. The number of fused-ring (bicyclic) bond motifs is 2. The quantitative estimate of drug-likeness (QED) is 0.0919. The van der Waals surface area contributed by atoms with Gasteiger partial charge in [-0.25, -0.2) is 8.42 Å². The lowest BCUT2D eigenvalue weighted by Gasteiger charge is -2.33. The Balaban J connectivity index is 1.02. The van der Waals surface area contributed by atoms with Crippen molar-refractivity contribution in [2.75, 3.05) is 32.3 Å². The minimum atomic E-state index is -3.75. The number of unbranched alkanes of at least 4 members (excludes halogenated alkanes) is 3. The number of nitrogens with zero attached hydrogens (tertiary/aromatic N) is 1. The summed E-state index contributed by atoms with van der Waals surface area (Å²) in [4.78, 5) is 2.43. The highest BCUT2D eigenvalue weighted by molar-refractivity contribution is 7.91. The van der Waals surface area contributed by atoms with Crippen LogP contribution in [-0.4, -0.2) is 35.9 Å². The summed E-state index contributed by atoms with van der Waals surface area (Å²) in [6, 6.07) is 33.1. The molecule has 0 fully saturated rings. The lowest BCUT2D eigenvalue weighted by Crippen LogP contribution is -2.16. The molecule has 0 aliphatic carbocycles. The predicted molar refractivity (Wildman–Crippen MR) is 201 cm³/mol. The van der Waals surface area contributed by atoms with Gasteiger partial charge >= 0.3 is 0 Å². The third-order valence-electron chi connectivity index (χ3n) is 9.21. The van der Waals surface area contributed by atoms with Gasteiger partial charge in [0.05, 0.1) is 48.6 Å². The van der Waals surface area contributed by atoms with Gasteiger partial charge in [-0.1, -0.05) is 26.0 Å². The third-order valence-corrected chi connectivity index (χ3v) is 11.0. The van der Waals surface area contributed by atoms with Crippen LogP contribution in [0.15, 0.2) is 119 Å². The Labute approximate surface area is 301 Å². The van der Waals surface area contributed by atoms with E-state index in [1.165, 1.54) is 5.56 Å². The zero-order valence-electron chi connectivity index (χ0n) is 29.6. The SMILES string of the molecule is CC[C@@H](C)c1ccc(OCCCCCCOc2ccc(S(=O)(=O)c3ccc(N4c5ccc(OC)cc5Oc5cc(OC)ccc54)cc3)cc2)cc1. The Morgan fingerprint density at radius 1 is 0.608 bits per heavy atom. The highest BCUT2D eigenvalue weighted by Crippen LogP contribution is 2.52. The molecule has 1 atom stereocenters. The summed E-state index contributed by atoms with van der Waals surface area (Å²) in [5.41, 5.74) is 3.72. The molecule has 51 heavy (non-hydrogen) atoms. The van der Waals surface area contributed by atoms with Crippen molar-refractivity contribution in [3.63, 3.8) is 0 Å². The number of hydrogen-bond acceptors (Lipinski definition) is 8. The molecule has 0 saturated heterocycles. The van der Waals surface area contributed by atoms with Gasteiger partial charge in [0.1, 0.15) is 23.0 Å². The van der Waals surface area contributed by atoms with E-state index in [1.807, 2.05) is 41.3 Å². The van der Waals surface area contributed by atoms with E-state index in [0.29, 0.717) is 47.9 Å². The van der Waals surface area contributed by atoms with Gasteiger partial charge in [0, 0.05) is 17.8 Å². The number of sulfone groups is 1. The van der Waals surface area contributed by atoms with Gasteiger partial charge in [-0.3, -0.25) is 0 Å². The lowest BCUT2D eigenvalue weighted by atomic mass is 9.99. The van der Waals surface area contributed by atoms with E-state index in [1.54, 1.807) is 62.8 Å². The number of methoxy groups -OCH3 is 2. The van der Waals surface area contributed by atoms with Crippen LogP contribution in [0.2, 0.25) is 0 Å². The topological polar surface area (TPSA) is 83.5 Å². The van der Waals surface area contributed by atoms with E-state index >= 15 is 0 Å². The molecular weight excluding hydrogens is 663 g/mol. The number of rotatable bonds is 16. The molecule has 5 aromatic rings. The molecule has 0 aromatic heterocycles. The molecule has 5 aromatic carbocycles. The minimum Gasteiger partial charge on any atom is -0.497 e. The van der Waals surface area contributed by atoms with Crippen LogP contribution in [0.25, 0.3) is 0 Å². The van der Waals surface area contributed by atoms with Crippen molar-refractivity contribution in [3.8, 4) is 34.5 Å². The number of ether oxygens (including phenoxy) is 5. The Morgan fingerprint density at radius 3 is 1.53 bits per heavy atom. The lowest BCUT2D eigenvalue weighted by molar-refractivity contribution is 0.287. The largest absolute Gasteiger partial charge is 0.497 e. The number of benzene rings is 5. The zero-order chi connectivity index (χ0) is 35.8. The molecule has 9 heteroatoms. The Morgan fingerprint density at radius 2 is 1.06 bits per heavy atom. The fourth-order valence-corrected chi connectivity index (χ4v) is 7.25. The van der Waals surface area contributed by atoms with Crippen LogP contribution in [0.3, 0.4) is 0 Å². The summed E-state index contributed by atoms with van der Waals surface area (Å²) < 4.78 is 56.0. The summed E-state index contributed by atoms with van der Waals surface area (Å²) in [6.07, 6.45) is 5.11. The molecule has 266 valence electrons. The fraction of sp³-hybridized carbons (Fsp3) is 0.286. The van der Waals surface area contributed by atoms with Crippen LogP contribution < -0.4 is 28.6 Å². The van der Waals surface area contributed by atoms with Crippen molar-refractivity contribution in [2.45, 2.75) is 61.7 Å². The van der Waals surface area contributed by atoms with Crippen molar-refractivity contribution in [2.24, 2.45) is 0 Å². The first-order chi connectivity index (χ1) is 24.8. The van der Waals surface area contributed by atoms with Crippen LogP contribution in [0.5, 0.6) is 34.5 Å². The minimum absolute atomic E-state index is 0.199. The van der Waals surface area contributed by atoms with Crippen molar-refractivity contribution in [1.82, 2.24) is 0 Å². The van der Waals surface area contributed by atoms with Gasteiger partial charge in [-0.05, 0) is 129 Å². The summed E-state index contributed by atoms with van der Waals surface area (Å²) in [7, 11) is -0.541. The molecular formula is C42H45NO7S. The molecule has 8 nitrogen and oxygen atoms in total. The zero-order valence-corrected chi connectivity index (χ0v) is 30.4. The molecule has 1 aliphatic rings. The van der Waals surface area contributed by atoms with E-state index in [2.05, 4.69) is 38.1 Å². The maximum absolute atomic E-state index is 13.6. The Hall–Kier alpha value is -5.15. The fourth-order valence-electron chi connectivity index (χ4n) is 5.99. The summed E-state index contributed by atoms with van der Waals surface area (Å²) >= 11 is 0. The molecule has 1 heterocycles. The van der Waals surface area contributed by atoms with Gasteiger partial charge in [0.2, 0.25) is 9.84 Å². The number of hydrogen-bond donors (Lipinski definition) is 0. The van der Waals surface area contributed by atoms with Crippen LogP contribution in [0, 0.1) is 0 Å². The molecule has 6 rings (SSSR count). The van der Waals surface area contributed by atoms with E-state index < -0.39 is 9.84 Å². The van der Waals surface area contributed by atoms with Gasteiger partial charge in [-0.2, -0.15) is 0 Å². The normalized spacial score (nSPS) is 12.7. The molecule has 0 N–H and O–H groups in total. The van der Waals surface area contributed by atoms with Crippen molar-refractivity contribution < 1.29 is 32.1 Å². The number of anilines is 3. The average molecular weight is 708 g/mol. The van der Waals surface area contributed by atoms with Gasteiger partial charge in [0.15, 0.2) is 11.5 Å². The monoisotopic (exact) mass is 707 g/mol.